The van der Waals surface area contributed by atoms with E-state index in [9.17, 15) is 19.0 Å². The summed E-state index contributed by atoms with van der Waals surface area (Å²) in [5.74, 6) is 0. The van der Waals surface area contributed by atoms with Crippen LogP contribution in [0.5, 0.6) is 0 Å². The Morgan fingerprint density at radius 3 is 2.37 bits per heavy atom. The van der Waals surface area contributed by atoms with Crippen molar-refractivity contribution >= 4 is 24.6 Å². The molecule has 1 fully saturated rings. The third-order valence-electron chi connectivity index (χ3n) is 5.54. The van der Waals surface area contributed by atoms with Gasteiger partial charge in [0, 0.05) is 36.8 Å². The number of nitrogens with one attached hydrogen (secondary N) is 3. The van der Waals surface area contributed by atoms with E-state index in [1.54, 1.807) is 24.5 Å². The number of unbranched alkanes of at least 4 members (excludes halogenated alkanes) is 3. The molecule has 0 spiro atoms. The maximum absolute atomic E-state index is 12.3. The number of rotatable bonds is 12. The minimum atomic E-state index is -3.25. The maximum atomic E-state index is 12.3. The Hall–Kier alpha value is -2.02. The number of anilines is 3. The quantitative estimate of drug-likeness (QED) is 0.228. The van der Waals surface area contributed by atoms with Crippen LogP contribution < -0.4 is 26.6 Å². The normalized spacial score (nSPS) is 17.0. The van der Waals surface area contributed by atoms with Crippen LogP contribution in [0, 0.1) is 0 Å². The molecule has 1 aliphatic rings. The molecule has 1 aromatic carbocycles. The van der Waals surface area contributed by atoms with Gasteiger partial charge in [-0.25, -0.2) is 5.09 Å². The van der Waals surface area contributed by atoms with Crippen LogP contribution in [0.1, 0.15) is 57.8 Å². The highest BCUT2D eigenvalue weighted by Crippen LogP contribution is 2.39. The zero-order valence-corrected chi connectivity index (χ0v) is 18.1. The van der Waals surface area contributed by atoms with Gasteiger partial charge in [0.2, 0.25) is 0 Å². The molecule has 0 bridgehead atoms. The standard InChI is InChI=1S/C21H31N4O4P/c26-20-18(19(21(20)27)24-16-10-13-22-14-11-16)23-12-6-1-2-7-15-30(28,29)25-17-8-4-3-5-9-17/h10-11,13-14,17,23H,1-9,12,15H2,(H,22,24)(H2,25,28,29). The van der Waals surface area contributed by atoms with Gasteiger partial charge in [-0.2, -0.15) is 0 Å². The second kappa shape index (κ2) is 10.8. The molecule has 1 unspecified atom stereocenters. The van der Waals surface area contributed by atoms with E-state index >= 15 is 0 Å². The van der Waals surface area contributed by atoms with Gasteiger partial charge in [0.25, 0.3) is 18.4 Å². The first-order valence-corrected chi connectivity index (χ1v) is 12.6. The first-order valence-electron chi connectivity index (χ1n) is 10.8. The summed E-state index contributed by atoms with van der Waals surface area (Å²) >= 11 is 0. The molecule has 2 aromatic rings. The largest absolute Gasteiger partial charge is 0.380 e. The van der Waals surface area contributed by atoms with Crippen LogP contribution in [0.4, 0.5) is 17.1 Å². The summed E-state index contributed by atoms with van der Waals surface area (Å²) in [6.07, 6.45) is 12.2. The lowest BCUT2D eigenvalue weighted by Crippen LogP contribution is -2.36. The van der Waals surface area contributed by atoms with Gasteiger partial charge in [0.15, 0.2) is 0 Å². The molecule has 1 aliphatic carbocycles. The van der Waals surface area contributed by atoms with Crippen LogP contribution in [0.3, 0.4) is 0 Å². The molecule has 4 N–H and O–H groups in total. The Morgan fingerprint density at radius 1 is 0.967 bits per heavy atom. The SMILES string of the molecule is O=c1c(NCCCCCCP(=O)(O)NC2CCCCC2)c(Nc2ccncc2)c1=O. The third kappa shape index (κ3) is 6.49. The molecule has 0 radical (unpaired) electrons. The van der Waals surface area contributed by atoms with Crippen molar-refractivity contribution in [3.05, 3.63) is 45.0 Å². The van der Waals surface area contributed by atoms with Crippen LogP contribution in [0.15, 0.2) is 34.1 Å². The maximum Gasteiger partial charge on any atom is 0.267 e. The third-order valence-corrected chi connectivity index (χ3v) is 7.23. The Labute approximate surface area is 176 Å². The van der Waals surface area contributed by atoms with E-state index in [1.165, 1.54) is 6.42 Å². The number of hydrogen-bond acceptors (Lipinski definition) is 6. The zero-order valence-electron chi connectivity index (χ0n) is 17.2. The Kier molecular flexibility index (Phi) is 8.19. The average Bonchev–Trinajstić information content (AvgIpc) is 2.75. The molecule has 1 atom stereocenters. The molecular formula is C21H31N4O4P. The van der Waals surface area contributed by atoms with Crippen LogP contribution in [-0.4, -0.2) is 28.6 Å². The van der Waals surface area contributed by atoms with E-state index in [1.807, 2.05) is 0 Å². The number of aromatic nitrogens is 1. The summed E-state index contributed by atoms with van der Waals surface area (Å²) in [5, 5.41) is 8.98. The first kappa shape index (κ1) is 22.7. The molecule has 1 heterocycles. The van der Waals surface area contributed by atoms with Gasteiger partial charge in [-0.3, -0.25) is 19.1 Å². The van der Waals surface area contributed by atoms with Crippen LogP contribution >= 0.6 is 7.52 Å². The summed E-state index contributed by atoms with van der Waals surface area (Å²) in [7, 11) is -3.25. The fraction of sp³-hybridized carbons (Fsp3) is 0.571. The highest BCUT2D eigenvalue weighted by molar-refractivity contribution is 7.55. The highest BCUT2D eigenvalue weighted by atomic mass is 31.2. The summed E-state index contributed by atoms with van der Waals surface area (Å²) in [6.45, 7) is 0.576. The summed E-state index contributed by atoms with van der Waals surface area (Å²) in [4.78, 5) is 37.7. The molecular weight excluding hydrogens is 403 g/mol. The lowest BCUT2D eigenvalue weighted by Gasteiger charge is -2.25. The second-order valence-electron chi connectivity index (χ2n) is 8.00. The van der Waals surface area contributed by atoms with E-state index in [0.717, 1.165) is 44.9 Å². The lowest BCUT2D eigenvalue weighted by molar-refractivity contribution is 0.385. The molecule has 0 saturated heterocycles. The fourth-order valence-electron chi connectivity index (χ4n) is 3.86. The van der Waals surface area contributed by atoms with Crippen LogP contribution in [-0.2, 0) is 4.57 Å². The number of pyridine rings is 1. The van der Waals surface area contributed by atoms with E-state index in [4.69, 9.17) is 0 Å². The molecule has 1 saturated carbocycles. The van der Waals surface area contributed by atoms with Crippen molar-refractivity contribution in [2.75, 3.05) is 23.3 Å². The van der Waals surface area contributed by atoms with Crippen molar-refractivity contribution in [1.82, 2.24) is 10.1 Å². The van der Waals surface area contributed by atoms with Crippen molar-refractivity contribution in [3.8, 4) is 0 Å². The Morgan fingerprint density at radius 2 is 1.63 bits per heavy atom. The summed E-state index contributed by atoms with van der Waals surface area (Å²) < 4.78 is 12.3. The molecule has 0 aliphatic heterocycles. The van der Waals surface area contributed by atoms with Crippen molar-refractivity contribution in [2.45, 2.75) is 63.8 Å². The van der Waals surface area contributed by atoms with Crippen molar-refractivity contribution in [1.29, 1.82) is 0 Å². The van der Waals surface area contributed by atoms with Gasteiger partial charge >= 0.3 is 0 Å². The first-order chi connectivity index (χ1) is 14.5. The predicted molar refractivity (Wildman–Crippen MR) is 121 cm³/mol. The van der Waals surface area contributed by atoms with Gasteiger partial charge in [-0.05, 0) is 37.8 Å². The minimum Gasteiger partial charge on any atom is -0.380 e. The molecule has 164 valence electrons. The molecule has 30 heavy (non-hydrogen) atoms. The molecule has 8 nitrogen and oxygen atoms in total. The summed E-state index contributed by atoms with van der Waals surface area (Å²) in [6, 6.07) is 3.64. The fourth-order valence-corrected chi connectivity index (χ4v) is 5.47. The van der Waals surface area contributed by atoms with Crippen LogP contribution in [0.2, 0.25) is 0 Å². The summed E-state index contributed by atoms with van der Waals surface area (Å²) in [5.41, 5.74) is 0.310. The molecule has 9 heteroatoms. The van der Waals surface area contributed by atoms with Crippen LogP contribution in [0.25, 0.3) is 0 Å². The number of nitrogens with zero attached hydrogens (tertiary/aromatic N) is 1. The van der Waals surface area contributed by atoms with E-state index < -0.39 is 18.4 Å². The van der Waals surface area contributed by atoms with Gasteiger partial charge in [-0.15, -0.1) is 0 Å². The smallest absolute Gasteiger partial charge is 0.267 e. The van der Waals surface area contributed by atoms with E-state index in [-0.39, 0.29) is 6.04 Å². The molecule has 0 amide bonds. The van der Waals surface area contributed by atoms with Gasteiger partial charge in [0.1, 0.15) is 11.4 Å². The van der Waals surface area contributed by atoms with Gasteiger partial charge in [-0.1, -0.05) is 32.1 Å². The van der Waals surface area contributed by atoms with Gasteiger partial charge < -0.3 is 15.5 Å². The molecule has 3 rings (SSSR count). The monoisotopic (exact) mass is 434 g/mol. The predicted octanol–water partition coefficient (Wildman–Crippen LogP) is 3.50. The number of hydrogen-bond donors (Lipinski definition) is 4. The van der Waals surface area contributed by atoms with Crippen molar-refractivity contribution in [2.24, 2.45) is 0 Å². The van der Waals surface area contributed by atoms with Crippen molar-refractivity contribution < 1.29 is 9.46 Å². The Bertz CT molecular complexity index is 921. The van der Waals surface area contributed by atoms with Crippen molar-refractivity contribution in [3.63, 3.8) is 0 Å². The topological polar surface area (TPSA) is 120 Å². The van der Waals surface area contributed by atoms with Gasteiger partial charge in [0.05, 0.1) is 0 Å². The highest BCUT2D eigenvalue weighted by Gasteiger charge is 2.24. The zero-order chi connectivity index (χ0) is 21.4. The second-order valence-corrected chi connectivity index (χ2v) is 10.1. The van der Waals surface area contributed by atoms with E-state index in [0.29, 0.717) is 36.2 Å². The van der Waals surface area contributed by atoms with E-state index in [2.05, 4.69) is 20.7 Å². The Balaban J connectivity index is 1.32. The minimum absolute atomic E-state index is 0.185. The lowest BCUT2D eigenvalue weighted by atomic mass is 9.96. The average molecular weight is 434 g/mol. The molecule has 1 aromatic heterocycles.